The van der Waals surface area contributed by atoms with Gasteiger partial charge in [0.2, 0.25) is 0 Å². The molecule has 1 atom stereocenters. The van der Waals surface area contributed by atoms with Gasteiger partial charge in [-0.1, -0.05) is 0 Å². The molecule has 2 saturated carbocycles. The van der Waals surface area contributed by atoms with Crippen molar-refractivity contribution >= 4 is 16.9 Å². The molecule has 2 aromatic rings. The molecule has 0 aromatic carbocycles. The first kappa shape index (κ1) is 17.2. The number of ether oxygens (including phenoxy) is 1. The molecular weight excluding hydrogens is 340 g/mol. The molecule has 5 rings (SSSR count). The molecule has 0 spiro atoms. The van der Waals surface area contributed by atoms with Gasteiger partial charge < -0.3 is 9.64 Å². The fraction of sp³-hybridized carbons (Fsp3) is 0.667. The third kappa shape index (κ3) is 3.24. The van der Waals surface area contributed by atoms with Gasteiger partial charge in [-0.15, -0.1) is 0 Å². The minimum atomic E-state index is 0.155. The van der Waals surface area contributed by atoms with Crippen molar-refractivity contribution in [2.45, 2.75) is 64.0 Å². The molecule has 6 nitrogen and oxygen atoms in total. The van der Waals surface area contributed by atoms with Gasteiger partial charge >= 0.3 is 0 Å². The van der Waals surface area contributed by atoms with E-state index in [1.165, 1.54) is 12.8 Å². The van der Waals surface area contributed by atoms with Crippen molar-refractivity contribution in [2.75, 3.05) is 19.8 Å². The second-order valence-corrected chi connectivity index (χ2v) is 8.71. The topological polar surface area (TPSA) is 60.2 Å². The van der Waals surface area contributed by atoms with Gasteiger partial charge in [0.25, 0.3) is 5.91 Å². The van der Waals surface area contributed by atoms with E-state index in [-0.39, 0.29) is 11.9 Å². The standard InChI is InChI=1S/C21H28N4O2/c1-13(2)25-20-18(10-22-25)17(9-19(23-20)15-3-4-15)21(26)24(16-5-6-16)11-14-7-8-27-12-14/h9-10,13-16H,3-8,11-12H2,1-2H3. The molecule has 1 amide bonds. The zero-order valence-electron chi connectivity index (χ0n) is 16.2. The Balaban J connectivity index is 1.54. The molecule has 3 aliphatic rings. The molecule has 1 unspecified atom stereocenters. The first-order valence-corrected chi connectivity index (χ1v) is 10.4. The third-order valence-corrected chi connectivity index (χ3v) is 6.03. The summed E-state index contributed by atoms with van der Waals surface area (Å²) < 4.78 is 7.49. The minimum absolute atomic E-state index is 0.155. The number of pyridine rings is 1. The van der Waals surface area contributed by atoms with Crippen molar-refractivity contribution in [2.24, 2.45) is 5.92 Å². The van der Waals surface area contributed by atoms with Gasteiger partial charge in [-0.25, -0.2) is 9.67 Å². The highest BCUT2D eigenvalue weighted by atomic mass is 16.5. The maximum atomic E-state index is 13.6. The molecule has 0 radical (unpaired) electrons. The van der Waals surface area contributed by atoms with Crippen molar-refractivity contribution in [1.82, 2.24) is 19.7 Å². The van der Waals surface area contributed by atoms with E-state index >= 15 is 0 Å². The van der Waals surface area contributed by atoms with Gasteiger partial charge in [-0.2, -0.15) is 5.10 Å². The lowest BCUT2D eigenvalue weighted by atomic mass is 10.1. The Kier molecular flexibility index (Phi) is 4.19. The molecular formula is C21H28N4O2. The van der Waals surface area contributed by atoms with Crippen LogP contribution in [0.3, 0.4) is 0 Å². The summed E-state index contributed by atoms with van der Waals surface area (Å²) in [5, 5.41) is 5.44. The molecule has 1 aliphatic heterocycles. The van der Waals surface area contributed by atoms with Crippen LogP contribution in [-0.4, -0.2) is 51.4 Å². The number of hydrogen-bond donors (Lipinski definition) is 0. The monoisotopic (exact) mass is 368 g/mol. The summed E-state index contributed by atoms with van der Waals surface area (Å²) in [7, 11) is 0. The van der Waals surface area contributed by atoms with E-state index in [1.807, 2.05) is 10.9 Å². The van der Waals surface area contributed by atoms with Crippen LogP contribution in [0.25, 0.3) is 11.0 Å². The van der Waals surface area contributed by atoms with Crippen LogP contribution in [0.2, 0.25) is 0 Å². The van der Waals surface area contributed by atoms with Crippen molar-refractivity contribution < 1.29 is 9.53 Å². The second-order valence-electron chi connectivity index (χ2n) is 8.71. The summed E-state index contributed by atoms with van der Waals surface area (Å²) in [6.45, 7) is 6.63. The Bertz CT molecular complexity index is 860. The number of carbonyl (C=O) groups is 1. The van der Waals surface area contributed by atoms with Gasteiger partial charge in [0.15, 0.2) is 5.65 Å². The fourth-order valence-corrected chi connectivity index (χ4v) is 4.12. The Hall–Kier alpha value is -1.95. The van der Waals surface area contributed by atoms with Crippen molar-refractivity contribution in [1.29, 1.82) is 0 Å². The molecule has 27 heavy (non-hydrogen) atoms. The van der Waals surface area contributed by atoms with Gasteiger partial charge in [0.05, 0.1) is 23.8 Å². The van der Waals surface area contributed by atoms with E-state index < -0.39 is 0 Å². The quantitative estimate of drug-likeness (QED) is 0.783. The molecule has 0 bridgehead atoms. The zero-order valence-corrected chi connectivity index (χ0v) is 16.2. The molecule has 1 saturated heterocycles. The van der Waals surface area contributed by atoms with Crippen LogP contribution in [-0.2, 0) is 4.74 Å². The Labute approximate surface area is 159 Å². The van der Waals surface area contributed by atoms with Crippen LogP contribution >= 0.6 is 0 Å². The predicted octanol–water partition coefficient (Wildman–Crippen LogP) is 3.53. The zero-order chi connectivity index (χ0) is 18.5. The van der Waals surface area contributed by atoms with Crippen LogP contribution in [0, 0.1) is 5.92 Å². The van der Waals surface area contributed by atoms with Gasteiger partial charge in [-0.05, 0) is 52.0 Å². The number of nitrogens with zero attached hydrogens (tertiary/aromatic N) is 4. The lowest BCUT2D eigenvalue weighted by Gasteiger charge is -2.25. The number of fused-ring (bicyclic) bond motifs is 1. The summed E-state index contributed by atoms with van der Waals surface area (Å²) in [5.74, 6) is 1.13. The maximum Gasteiger partial charge on any atom is 0.254 e. The highest BCUT2D eigenvalue weighted by Crippen LogP contribution is 2.41. The summed E-state index contributed by atoms with van der Waals surface area (Å²) in [5.41, 5.74) is 2.71. The van der Waals surface area contributed by atoms with Crippen LogP contribution in [0.15, 0.2) is 12.3 Å². The number of aromatic nitrogens is 3. The van der Waals surface area contributed by atoms with E-state index in [9.17, 15) is 4.79 Å². The molecule has 144 valence electrons. The maximum absolute atomic E-state index is 13.6. The average Bonchev–Trinajstić information content (AvgIpc) is 3.58. The van der Waals surface area contributed by atoms with Crippen molar-refractivity contribution in [3.05, 3.63) is 23.5 Å². The molecule has 3 fully saturated rings. The lowest BCUT2D eigenvalue weighted by Crippen LogP contribution is -2.37. The van der Waals surface area contributed by atoms with Crippen LogP contribution in [0.4, 0.5) is 0 Å². The van der Waals surface area contributed by atoms with Crippen LogP contribution < -0.4 is 0 Å². The van der Waals surface area contributed by atoms with E-state index in [4.69, 9.17) is 9.72 Å². The van der Waals surface area contributed by atoms with Gasteiger partial charge in [-0.3, -0.25) is 4.79 Å². The van der Waals surface area contributed by atoms with E-state index in [0.717, 1.165) is 61.3 Å². The van der Waals surface area contributed by atoms with Crippen molar-refractivity contribution in [3.63, 3.8) is 0 Å². The average molecular weight is 368 g/mol. The Morgan fingerprint density at radius 1 is 1.30 bits per heavy atom. The SMILES string of the molecule is CC(C)n1ncc2c(C(=O)N(CC3CCOC3)C3CC3)cc(C3CC3)nc21. The predicted molar refractivity (Wildman–Crippen MR) is 103 cm³/mol. The normalized spacial score (nSPS) is 22.7. The lowest BCUT2D eigenvalue weighted by molar-refractivity contribution is 0.0708. The molecule has 2 aliphatic carbocycles. The first-order chi connectivity index (χ1) is 13.1. The Morgan fingerprint density at radius 2 is 2.11 bits per heavy atom. The van der Waals surface area contributed by atoms with Crippen molar-refractivity contribution in [3.8, 4) is 0 Å². The third-order valence-electron chi connectivity index (χ3n) is 6.03. The Morgan fingerprint density at radius 3 is 2.74 bits per heavy atom. The number of hydrogen-bond acceptors (Lipinski definition) is 4. The van der Waals surface area contributed by atoms with Gasteiger partial charge in [0.1, 0.15) is 0 Å². The highest BCUT2D eigenvalue weighted by Gasteiger charge is 2.37. The second kappa shape index (κ2) is 6.59. The molecule has 0 N–H and O–H groups in total. The van der Waals surface area contributed by atoms with Crippen LogP contribution in [0.1, 0.15) is 74.0 Å². The van der Waals surface area contributed by atoms with E-state index in [2.05, 4.69) is 29.9 Å². The van der Waals surface area contributed by atoms with Gasteiger partial charge in [0, 0.05) is 42.8 Å². The number of carbonyl (C=O) groups excluding carboxylic acids is 1. The number of rotatable bonds is 6. The largest absolute Gasteiger partial charge is 0.381 e. The number of amides is 1. The van der Waals surface area contributed by atoms with E-state index in [0.29, 0.717) is 17.9 Å². The van der Waals surface area contributed by atoms with Crippen LogP contribution in [0.5, 0.6) is 0 Å². The molecule has 3 heterocycles. The minimum Gasteiger partial charge on any atom is -0.381 e. The summed E-state index contributed by atoms with van der Waals surface area (Å²) in [6.07, 6.45) is 7.47. The fourth-order valence-electron chi connectivity index (χ4n) is 4.12. The summed E-state index contributed by atoms with van der Waals surface area (Å²) in [6, 6.07) is 2.67. The molecule has 2 aromatic heterocycles. The summed E-state index contributed by atoms with van der Waals surface area (Å²) >= 11 is 0. The molecule has 6 heteroatoms. The highest BCUT2D eigenvalue weighted by molar-refractivity contribution is 6.05. The van der Waals surface area contributed by atoms with E-state index in [1.54, 1.807) is 0 Å². The smallest absolute Gasteiger partial charge is 0.254 e. The first-order valence-electron chi connectivity index (χ1n) is 10.4. The summed E-state index contributed by atoms with van der Waals surface area (Å²) in [4.78, 5) is 20.6.